The van der Waals surface area contributed by atoms with Gasteiger partial charge in [-0.1, -0.05) is 46.8 Å². The summed E-state index contributed by atoms with van der Waals surface area (Å²) in [6.45, 7) is 11.8. The molecule has 1 N–H and O–H groups in total. The van der Waals surface area contributed by atoms with Crippen molar-refractivity contribution in [2.45, 2.75) is 84.0 Å². The molecule has 2 atom stereocenters. The highest BCUT2D eigenvalue weighted by molar-refractivity contribution is 5.45. The van der Waals surface area contributed by atoms with E-state index in [1.165, 1.54) is 49.7 Å². The largest absolute Gasteiger partial charge is 0.508 e. The lowest BCUT2D eigenvalue weighted by atomic mass is 9.39. The van der Waals surface area contributed by atoms with E-state index in [0.717, 1.165) is 5.92 Å². The molecule has 1 heteroatoms. The van der Waals surface area contributed by atoms with Crippen molar-refractivity contribution in [3.05, 3.63) is 29.3 Å². The van der Waals surface area contributed by atoms with Crippen LogP contribution < -0.4 is 0 Å². The van der Waals surface area contributed by atoms with E-state index in [2.05, 4.69) is 46.8 Å². The molecule has 1 aromatic rings. The number of phenols is 1. The minimum Gasteiger partial charge on any atom is -0.508 e. The van der Waals surface area contributed by atoms with Gasteiger partial charge in [-0.25, -0.2) is 0 Å². The van der Waals surface area contributed by atoms with Gasteiger partial charge >= 0.3 is 0 Å². The van der Waals surface area contributed by atoms with Gasteiger partial charge in [-0.15, -0.1) is 0 Å². The normalized spacial score (nSPS) is 42.2. The zero-order valence-electron chi connectivity index (χ0n) is 15.5. The summed E-state index contributed by atoms with van der Waals surface area (Å²) in [5.74, 6) is 1.39. The van der Waals surface area contributed by atoms with Crippen LogP contribution in [0.15, 0.2) is 18.2 Å². The summed E-state index contributed by atoms with van der Waals surface area (Å²) < 4.78 is 0. The molecule has 4 fully saturated rings. The first-order valence-corrected chi connectivity index (χ1v) is 9.37. The van der Waals surface area contributed by atoms with Crippen LogP contribution in [0.1, 0.15) is 84.3 Å². The number of aromatic hydroxyl groups is 1. The molecular weight excluding hydrogens is 280 g/mol. The molecule has 4 bridgehead atoms. The Bertz CT molecular complexity index is 632. The van der Waals surface area contributed by atoms with Crippen molar-refractivity contribution in [2.24, 2.45) is 16.7 Å². The van der Waals surface area contributed by atoms with Gasteiger partial charge in [0.25, 0.3) is 0 Å². The van der Waals surface area contributed by atoms with Crippen molar-refractivity contribution in [1.29, 1.82) is 0 Å². The maximum Gasteiger partial charge on any atom is 0.119 e. The Hall–Kier alpha value is -0.980. The molecule has 0 aliphatic heterocycles. The molecule has 5 rings (SSSR count). The summed E-state index contributed by atoms with van der Waals surface area (Å²) in [5.41, 5.74) is 3.94. The number of benzene rings is 1. The Balaban J connectivity index is 1.84. The first kappa shape index (κ1) is 15.5. The molecule has 4 saturated carbocycles. The smallest absolute Gasteiger partial charge is 0.119 e. The van der Waals surface area contributed by atoms with Gasteiger partial charge in [-0.05, 0) is 72.3 Å². The number of rotatable bonds is 1. The van der Waals surface area contributed by atoms with Gasteiger partial charge in [0.2, 0.25) is 0 Å². The fourth-order valence-electron chi connectivity index (χ4n) is 7.18. The summed E-state index contributed by atoms with van der Waals surface area (Å²) in [6, 6.07) is 6.41. The van der Waals surface area contributed by atoms with E-state index in [1.54, 1.807) is 0 Å². The molecule has 2 unspecified atom stereocenters. The summed E-state index contributed by atoms with van der Waals surface area (Å²) in [7, 11) is 0. The van der Waals surface area contributed by atoms with Crippen molar-refractivity contribution >= 4 is 0 Å². The first-order valence-electron chi connectivity index (χ1n) is 9.37. The Kier molecular flexibility index (Phi) is 2.94. The van der Waals surface area contributed by atoms with Gasteiger partial charge in [-0.3, -0.25) is 0 Å². The zero-order chi connectivity index (χ0) is 16.7. The van der Waals surface area contributed by atoms with Crippen LogP contribution >= 0.6 is 0 Å². The Morgan fingerprint density at radius 2 is 1.57 bits per heavy atom. The van der Waals surface area contributed by atoms with Crippen LogP contribution in [0.3, 0.4) is 0 Å². The van der Waals surface area contributed by atoms with E-state index < -0.39 is 0 Å². The summed E-state index contributed by atoms with van der Waals surface area (Å²) in [6.07, 6.45) is 8.03. The average molecular weight is 312 g/mol. The Morgan fingerprint density at radius 3 is 2.09 bits per heavy atom. The molecule has 4 aliphatic rings. The van der Waals surface area contributed by atoms with Crippen LogP contribution in [0.25, 0.3) is 0 Å². The van der Waals surface area contributed by atoms with Crippen LogP contribution in [-0.4, -0.2) is 5.11 Å². The molecule has 0 radical (unpaired) electrons. The zero-order valence-corrected chi connectivity index (χ0v) is 15.5. The molecule has 126 valence electrons. The quantitative estimate of drug-likeness (QED) is 0.680. The summed E-state index contributed by atoms with van der Waals surface area (Å²) >= 11 is 0. The van der Waals surface area contributed by atoms with Crippen LogP contribution in [0.2, 0.25) is 0 Å². The van der Waals surface area contributed by atoms with E-state index in [9.17, 15) is 5.11 Å². The van der Waals surface area contributed by atoms with Gasteiger partial charge in [0.15, 0.2) is 0 Å². The molecule has 0 amide bonds. The van der Waals surface area contributed by atoms with Crippen LogP contribution in [0, 0.1) is 16.7 Å². The summed E-state index contributed by atoms with van der Waals surface area (Å²) in [4.78, 5) is 0. The predicted octanol–water partition coefficient (Wildman–Crippen LogP) is 5.94. The summed E-state index contributed by atoms with van der Waals surface area (Å²) in [5, 5.41) is 10.7. The van der Waals surface area contributed by atoms with E-state index in [1.807, 2.05) is 6.07 Å². The molecule has 1 aromatic carbocycles. The molecule has 0 spiro atoms. The third-order valence-electron chi connectivity index (χ3n) is 7.06. The highest BCUT2D eigenvalue weighted by Crippen LogP contribution is 2.70. The maximum atomic E-state index is 10.7. The Labute approximate surface area is 141 Å². The van der Waals surface area contributed by atoms with Crippen molar-refractivity contribution in [3.63, 3.8) is 0 Å². The van der Waals surface area contributed by atoms with Gasteiger partial charge < -0.3 is 5.11 Å². The monoisotopic (exact) mass is 312 g/mol. The topological polar surface area (TPSA) is 20.2 Å². The molecule has 1 nitrogen and oxygen atoms in total. The SMILES string of the molecule is CC12CC3CC(C)(C1)CC(c1cc(C(C)(C)C)ccc1O)(C3)C2. The van der Waals surface area contributed by atoms with Crippen LogP contribution in [0.5, 0.6) is 5.75 Å². The van der Waals surface area contributed by atoms with Crippen molar-refractivity contribution in [3.8, 4) is 5.75 Å². The molecule has 0 saturated heterocycles. The van der Waals surface area contributed by atoms with Gasteiger partial charge in [0, 0.05) is 11.0 Å². The number of phenolic OH excluding ortho intramolecular Hbond substituents is 1. The van der Waals surface area contributed by atoms with Gasteiger partial charge in [0.1, 0.15) is 5.75 Å². The van der Waals surface area contributed by atoms with Crippen molar-refractivity contribution in [2.75, 3.05) is 0 Å². The third-order valence-corrected chi connectivity index (χ3v) is 7.06. The lowest BCUT2D eigenvalue weighted by Gasteiger charge is -2.65. The molecule has 23 heavy (non-hydrogen) atoms. The lowest BCUT2D eigenvalue weighted by Crippen LogP contribution is -2.56. The highest BCUT2D eigenvalue weighted by Gasteiger charge is 2.61. The predicted molar refractivity (Wildman–Crippen MR) is 95.9 cm³/mol. The second-order valence-corrected chi connectivity index (χ2v) is 10.9. The minimum absolute atomic E-state index is 0.137. The second-order valence-electron chi connectivity index (χ2n) is 10.9. The fourth-order valence-corrected chi connectivity index (χ4v) is 7.18. The van der Waals surface area contributed by atoms with Crippen molar-refractivity contribution < 1.29 is 5.11 Å². The Morgan fingerprint density at radius 1 is 0.957 bits per heavy atom. The number of hydrogen-bond donors (Lipinski definition) is 1. The van der Waals surface area contributed by atoms with E-state index >= 15 is 0 Å². The van der Waals surface area contributed by atoms with E-state index in [4.69, 9.17) is 0 Å². The minimum atomic E-state index is 0.137. The average Bonchev–Trinajstić information content (AvgIpc) is 2.32. The molecule has 4 aliphatic carbocycles. The van der Waals surface area contributed by atoms with E-state index in [0.29, 0.717) is 16.6 Å². The second kappa shape index (κ2) is 4.35. The number of hydrogen-bond acceptors (Lipinski definition) is 1. The standard InChI is InChI=1S/C22H32O/c1-19(2,3)16-6-7-18(23)17(8-16)22-11-15-9-20(4,13-22)12-21(5,10-15)14-22/h6-8,15,23H,9-14H2,1-5H3. The molecule has 0 aromatic heterocycles. The van der Waals surface area contributed by atoms with E-state index in [-0.39, 0.29) is 10.8 Å². The van der Waals surface area contributed by atoms with Gasteiger partial charge in [0.05, 0.1) is 0 Å². The van der Waals surface area contributed by atoms with Crippen LogP contribution in [0.4, 0.5) is 0 Å². The highest BCUT2D eigenvalue weighted by atomic mass is 16.3. The van der Waals surface area contributed by atoms with Gasteiger partial charge in [-0.2, -0.15) is 0 Å². The first-order chi connectivity index (χ1) is 10.5. The molecule has 0 heterocycles. The lowest BCUT2D eigenvalue weighted by molar-refractivity contribution is -0.110. The fraction of sp³-hybridized carbons (Fsp3) is 0.727. The third kappa shape index (κ3) is 2.34. The molecular formula is C22H32O. The van der Waals surface area contributed by atoms with Crippen molar-refractivity contribution in [1.82, 2.24) is 0 Å². The van der Waals surface area contributed by atoms with Crippen LogP contribution in [-0.2, 0) is 10.8 Å². The maximum absolute atomic E-state index is 10.7.